The molecule has 1 N–H and O–H groups in total. The van der Waals surface area contributed by atoms with Crippen LogP contribution in [-0.4, -0.2) is 6.04 Å². The molecule has 0 fully saturated rings. The molecular weight excluding hydrogens is 237 g/mol. The van der Waals surface area contributed by atoms with Crippen LogP contribution in [0.1, 0.15) is 23.6 Å². The number of nitrogens with one attached hydrogen (secondary N) is 1. The second-order valence-electron chi connectivity index (χ2n) is 5.07. The molecular formula is C17H20FN. The Morgan fingerprint density at radius 2 is 1.89 bits per heavy atom. The van der Waals surface area contributed by atoms with Crippen molar-refractivity contribution >= 4 is 0 Å². The minimum absolute atomic E-state index is 0.119. The van der Waals surface area contributed by atoms with Gasteiger partial charge in [0.05, 0.1) is 0 Å². The van der Waals surface area contributed by atoms with Crippen LogP contribution >= 0.6 is 0 Å². The number of halogens is 1. The Morgan fingerprint density at radius 1 is 1.11 bits per heavy atom. The van der Waals surface area contributed by atoms with E-state index < -0.39 is 0 Å². The van der Waals surface area contributed by atoms with Crippen molar-refractivity contribution in [3.8, 4) is 0 Å². The largest absolute Gasteiger partial charge is 0.310 e. The number of hydrogen-bond acceptors (Lipinski definition) is 1. The van der Waals surface area contributed by atoms with Crippen LogP contribution in [0.3, 0.4) is 0 Å². The van der Waals surface area contributed by atoms with Crippen molar-refractivity contribution in [2.45, 2.75) is 32.9 Å². The summed E-state index contributed by atoms with van der Waals surface area (Å²) < 4.78 is 13.5. The Labute approximate surface area is 114 Å². The van der Waals surface area contributed by atoms with E-state index in [0.29, 0.717) is 6.42 Å². The Bertz CT molecular complexity index is 536. The highest BCUT2D eigenvalue weighted by Crippen LogP contribution is 2.10. The van der Waals surface area contributed by atoms with Gasteiger partial charge >= 0.3 is 0 Å². The van der Waals surface area contributed by atoms with E-state index >= 15 is 0 Å². The summed E-state index contributed by atoms with van der Waals surface area (Å²) in [6, 6.07) is 15.6. The van der Waals surface area contributed by atoms with E-state index in [4.69, 9.17) is 0 Å². The van der Waals surface area contributed by atoms with E-state index in [-0.39, 0.29) is 11.9 Å². The predicted octanol–water partition coefficient (Wildman–Crippen LogP) is 3.85. The summed E-state index contributed by atoms with van der Waals surface area (Å²) in [4.78, 5) is 0. The summed E-state index contributed by atoms with van der Waals surface area (Å²) in [5.41, 5.74) is 3.30. The summed E-state index contributed by atoms with van der Waals surface area (Å²) in [5, 5.41) is 3.44. The van der Waals surface area contributed by atoms with E-state index in [2.05, 4.69) is 43.4 Å². The van der Waals surface area contributed by atoms with Crippen molar-refractivity contribution in [2.24, 2.45) is 0 Å². The van der Waals surface area contributed by atoms with Gasteiger partial charge in [-0.2, -0.15) is 0 Å². The maximum absolute atomic E-state index is 13.5. The van der Waals surface area contributed by atoms with Crippen LogP contribution in [0.15, 0.2) is 48.5 Å². The topological polar surface area (TPSA) is 12.0 Å². The highest BCUT2D eigenvalue weighted by Gasteiger charge is 2.06. The van der Waals surface area contributed by atoms with Crippen LogP contribution in [0.25, 0.3) is 0 Å². The van der Waals surface area contributed by atoms with Gasteiger partial charge in [0.2, 0.25) is 0 Å². The van der Waals surface area contributed by atoms with Gasteiger partial charge in [-0.25, -0.2) is 4.39 Å². The lowest BCUT2D eigenvalue weighted by Gasteiger charge is -2.14. The van der Waals surface area contributed by atoms with Gasteiger partial charge in [-0.1, -0.05) is 48.0 Å². The third-order valence-electron chi connectivity index (χ3n) is 3.22. The van der Waals surface area contributed by atoms with Crippen molar-refractivity contribution in [2.75, 3.05) is 0 Å². The van der Waals surface area contributed by atoms with E-state index in [1.54, 1.807) is 6.07 Å². The van der Waals surface area contributed by atoms with Gasteiger partial charge in [0.25, 0.3) is 0 Å². The first-order chi connectivity index (χ1) is 9.15. The van der Waals surface area contributed by atoms with Crippen molar-refractivity contribution in [1.82, 2.24) is 5.32 Å². The number of benzene rings is 2. The molecule has 0 aromatic heterocycles. The first kappa shape index (κ1) is 13.8. The summed E-state index contributed by atoms with van der Waals surface area (Å²) in [7, 11) is 0. The second kappa shape index (κ2) is 6.48. The molecule has 0 aliphatic rings. The lowest BCUT2D eigenvalue weighted by atomic mass is 10.1. The van der Waals surface area contributed by atoms with E-state index in [9.17, 15) is 4.39 Å². The molecule has 2 aromatic carbocycles. The molecule has 0 radical (unpaired) electrons. The van der Waals surface area contributed by atoms with Crippen LogP contribution in [0.4, 0.5) is 4.39 Å². The molecule has 2 heteroatoms. The Kier molecular flexibility index (Phi) is 4.69. The molecule has 2 aromatic rings. The first-order valence-electron chi connectivity index (χ1n) is 6.67. The minimum atomic E-state index is -0.119. The first-order valence-corrected chi connectivity index (χ1v) is 6.67. The Hall–Kier alpha value is -1.67. The molecule has 19 heavy (non-hydrogen) atoms. The molecule has 0 aliphatic heterocycles. The van der Waals surface area contributed by atoms with Crippen molar-refractivity contribution in [3.05, 3.63) is 71.0 Å². The third kappa shape index (κ3) is 4.18. The molecule has 0 amide bonds. The van der Waals surface area contributed by atoms with Crippen LogP contribution < -0.4 is 5.32 Å². The summed E-state index contributed by atoms with van der Waals surface area (Å²) >= 11 is 0. The molecule has 0 spiro atoms. The number of hydrogen-bond donors (Lipinski definition) is 1. The molecule has 100 valence electrons. The molecule has 0 bridgehead atoms. The zero-order valence-corrected chi connectivity index (χ0v) is 11.5. The highest BCUT2D eigenvalue weighted by atomic mass is 19.1. The fraction of sp³-hybridized carbons (Fsp3) is 0.294. The summed E-state index contributed by atoms with van der Waals surface area (Å²) in [6.45, 7) is 4.99. The van der Waals surface area contributed by atoms with E-state index in [1.165, 1.54) is 17.2 Å². The van der Waals surface area contributed by atoms with Crippen molar-refractivity contribution in [1.29, 1.82) is 0 Å². The Balaban J connectivity index is 1.88. The quantitative estimate of drug-likeness (QED) is 0.857. The monoisotopic (exact) mass is 257 g/mol. The van der Waals surface area contributed by atoms with Gasteiger partial charge in [0, 0.05) is 12.6 Å². The predicted molar refractivity (Wildman–Crippen MR) is 77.6 cm³/mol. The van der Waals surface area contributed by atoms with Gasteiger partial charge in [0.15, 0.2) is 0 Å². The fourth-order valence-corrected chi connectivity index (χ4v) is 2.18. The summed E-state index contributed by atoms with van der Waals surface area (Å²) in [6.07, 6.45) is 0.707. The smallest absolute Gasteiger partial charge is 0.126 e. The van der Waals surface area contributed by atoms with Crippen LogP contribution in [0.2, 0.25) is 0 Å². The standard InChI is InChI=1S/C17H20FN/c1-13-6-5-7-15(10-13)12-19-14(2)11-16-8-3-4-9-17(16)18/h3-10,14,19H,11-12H2,1-2H3. The average molecular weight is 257 g/mol. The third-order valence-corrected chi connectivity index (χ3v) is 3.22. The van der Waals surface area contributed by atoms with Crippen LogP contribution in [-0.2, 0) is 13.0 Å². The van der Waals surface area contributed by atoms with Crippen molar-refractivity contribution in [3.63, 3.8) is 0 Å². The fourth-order valence-electron chi connectivity index (χ4n) is 2.18. The molecule has 0 saturated heterocycles. The highest BCUT2D eigenvalue weighted by molar-refractivity contribution is 5.22. The maximum atomic E-state index is 13.5. The van der Waals surface area contributed by atoms with Gasteiger partial charge < -0.3 is 5.32 Å². The van der Waals surface area contributed by atoms with Gasteiger partial charge in [-0.3, -0.25) is 0 Å². The molecule has 1 nitrogen and oxygen atoms in total. The molecule has 0 saturated carbocycles. The maximum Gasteiger partial charge on any atom is 0.126 e. The average Bonchev–Trinajstić information content (AvgIpc) is 2.39. The zero-order chi connectivity index (χ0) is 13.7. The van der Waals surface area contributed by atoms with Crippen LogP contribution in [0, 0.1) is 12.7 Å². The summed E-state index contributed by atoms with van der Waals surface area (Å²) in [5.74, 6) is -0.119. The van der Waals surface area contributed by atoms with Gasteiger partial charge in [0.1, 0.15) is 5.82 Å². The number of aryl methyl sites for hydroxylation is 1. The lowest BCUT2D eigenvalue weighted by Crippen LogP contribution is -2.27. The Morgan fingerprint density at radius 3 is 2.63 bits per heavy atom. The molecule has 2 rings (SSSR count). The van der Waals surface area contributed by atoms with Gasteiger partial charge in [-0.05, 0) is 37.5 Å². The van der Waals surface area contributed by atoms with E-state index in [1.807, 2.05) is 12.1 Å². The normalized spacial score (nSPS) is 12.4. The lowest BCUT2D eigenvalue weighted by molar-refractivity contribution is 0.526. The molecule has 1 unspecified atom stereocenters. The van der Waals surface area contributed by atoms with E-state index in [0.717, 1.165) is 12.1 Å². The minimum Gasteiger partial charge on any atom is -0.310 e. The SMILES string of the molecule is Cc1cccc(CNC(C)Cc2ccccc2F)c1. The molecule has 0 aliphatic carbocycles. The van der Waals surface area contributed by atoms with Gasteiger partial charge in [-0.15, -0.1) is 0 Å². The zero-order valence-electron chi connectivity index (χ0n) is 11.5. The molecule has 0 heterocycles. The number of rotatable bonds is 5. The second-order valence-corrected chi connectivity index (χ2v) is 5.07. The van der Waals surface area contributed by atoms with Crippen molar-refractivity contribution < 1.29 is 4.39 Å². The molecule has 1 atom stereocenters. The van der Waals surface area contributed by atoms with Crippen LogP contribution in [0.5, 0.6) is 0 Å².